The van der Waals surface area contributed by atoms with Gasteiger partial charge in [-0.3, -0.25) is 0 Å². The third kappa shape index (κ3) is 3.30. The molecule has 1 aromatic carbocycles. The van der Waals surface area contributed by atoms with Crippen molar-refractivity contribution in [2.24, 2.45) is 11.5 Å². The van der Waals surface area contributed by atoms with Crippen LogP contribution in [0.25, 0.3) is 0 Å². The largest absolute Gasteiger partial charge is 0.330 e. The Bertz CT molecular complexity index is 255. The summed E-state index contributed by atoms with van der Waals surface area (Å²) in [6.45, 7) is 0.482. The van der Waals surface area contributed by atoms with E-state index in [0.29, 0.717) is 18.5 Å². The zero-order chi connectivity index (χ0) is 8.97. The van der Waals surface area contributed by atoms with Gasteiger partial charge in [0.2, 0.25) is 0 Å². The van der Waals surface area contributed by atoms with Crippen LogP contribution in [0, 0.1) is 5.82 Å². The molecule has 13 heavy (non-hydrogen) atoms. The molecule has 0 amide bonds. The molecule has 4 N–H and O–H groups in total. The molecule has 0 aliphatic rings. The van der Waals surface area contributed by atoms with Crippen molar-refractivity contribution in [1.29, 1.82) is 0 Å². The predicted octanol–water partition coefficient (Wildman–Crippen LogP) is 1.60. The lowest BCUT2D eigenvalue weighted by molar-refractivity contribution is 0.567. The third-order valence-electron chi connectivity index (χ3n) is 1.78. The number of nitrogens with two attached hydrogens (primary N) is 2. The maximum absolute atomic E-state index is 13.0. The molecule has 0 saturated heterocycles. The lowest BCUT2D eigenvalue weighted by Crippen LogP contribution is -2.16. The van der Waals surface area contributed by atoms with E-state index in [9.17, 15) is 4.39 Å². The molecular weight excluding hydrogens is 191 g/mol. The van der Waals surface area contributed by atoms with Gasteiger partial charge in [-0.25, -0.2) is 4.39 Å². The molecule has 0 unspecified atom stereocenters. The Morgan fingerprint density at radius 1 is 1.31 bits per heavy atom. The Kier molecular flexibility index (Phi) is 5.62. The minimum atomic E-state index is -0.281. The number of hydrogen-bond donors (Lipinski definition) is 2. The van der Waals surface area contributed by atoms with Gasteiger partial charge in [-0.1, -0.05) is 18.2 Å². The van der Waals surface area contributed by atoms with Crippen LogP contribution in [0.4, 0.5) is 4.39 Å². The maximum Gasteiger partial charge on any atom is 0.127 e. The quantitative estimate of drug-likeness (QED) is 0.786. The molecule has 0 saturated carbocycles. The molecule has 0 aliphatic heterocycles. The average molecular weight is 205 g/mol. The second-order valence-corrected chi connectivity index (χ2v) is 2.71. The summed E-state index contributed by atoms with van der Waals surface area (Å²) < 4.78 is 13.0. The maximum atomic E-state index is 13.0. The van der Waals surface area contributed by atoms with Crippen LogP contribution in [0.1, 0.15) is 18.0 Å². The van der Waals surface area contributed by atoms with E-state index < -0.39 is 0 Å². The van der Waals surface area contributed by atoms with Crippen molar-refractivity contribution in [3.63, 3.8) is 0 Å². The van der Waals surface area contributed by atoms with E-state index in [1.54, 1.807) is 18.2 Å². The Hall–Kier alpha value is -0.640. The molecule has 74 valence electrons. The fraction of sp³-hybridized carbons (Fsp3) is 0.333. The zero-order valence-electron chi connectivity index (χ0n) is 7.24. The lowest BCUT2D eigenvalue weighted by Gasteiger charge is -2.10. The molecule has 0 aliphatic carbocycles. The van der Waals surface area contributed by atoms with E-state index in [0.717, 1.165) is 0 Å². The fourth-order valence-electron chi connectivity index (χ4n) is 1.11. The van der Waals surface area contributed by atoms with E-state index in [2.05, 4.69) is 0 Å². The predicted molar refractivity (Wildman–Crippen MR) is 54.2 cm³/mol. The van der Waals surface area contributed by atoms with Gasteiger partial charge in [-0.05, 0) is 19.0 Å². The van der Waals surface area contributed by atoms with Crippen molar-refractivity contribution >= 4 is 12.4 Å². The molecule has 4 heteroatoms. The van der Waals surface area contributed by atoms with E-state index in [1.807, 2.05) is 0 Å². The molecule has 1 atom stereocenters. The van der Waals surface area contributed by atoms with Gasteiger partial charge < -0.3 is 11.5 Å². The van der Waals surface area contributed by atoms with Crippen molar-refractivity contribution in [3.8, 4) is 0 Å². The van der Waals surface area contributed by atoms with Gasteiger partial charge >= 0.3 is 0 Å². The SMILES string of the molecule is Cl.NCC[C@H](N)c1ccccc1F. The first-order valence-electron chi connectivity index (χ1n) is 3.95. The Morgan fingerprint density at radius 2 is 1.92 bits per heavy atom. The minimum Gasteiger partial charge on any atom is -0.330 e. The Morgan fingerprint density at radius 3 is 2.46 bits per heavy atom. The molecule has 2 nitrogen and oxygen atoms in total. The van der Waals surface area contributed by atoms with Gasteiger partial charge in [-0.15, -0.1) is 12.4 Å². The topological polar surface area (TPSA) is 52.0 Å². The first-order valence-corrected chi connectivity index (χ1v) is 3.95. The molecular formula is C9H14ClFN2. The van der Waals surface area contributed by atoms with Crippen molar-refractivity contribution in [2.45, 2.75) is 12.5 Å². The van der Waals surface area contributed by atoms with Crippen LogP contribution in [0.2, 0.25) is 0 Å². The summed E-state index contributed by atoms with van der Waals surface area (Å²) in [5.74, 6) is -0.251. The van der Waals surface area contributed by atoms with Gasteiger partial charge in [0.05, 0.1) is 0 Å². The van der Waals surface area contributed by atoms with E-state index in [4.69, 9.17) is 11.5 Å². The van der Waals surface area contributed by atoms with E-state index in [1.165, 1.54) is 6.07 Å². The molecule has 0 heterocycles. The molecule has 0 bridgehead atoms. The van der Waals surface area contributed by atoms with Crippen molar-refractivity contribution in [1.82, 2.24) is 0 Å². The van der Waals surface area contributed by atoms with Crippen LogP contribution < -0.4 is 11.5 Å². The van der Waals surface area contributed by atoms with Crippen molar-refractivity contribution in [2.75, 3.05) is 6.54 Å². The van der Waals surface area contributed by atoms with Crippen LogP contribution >= 0.6 is 12.4 Å². The summed E-state index contributed by atoms with van der Waals surface area (Å²) in [7, 11) is 0. The van der Waals surface area contributed by atoms with E-state index in [-0.39, 0.29) is 24.3 Å². The highest BCUT2D eigenvalue weighted by Gasteiger charge is 2.08. The zero-order valence-corrected chi connectivity index (χ0v) is 8.06. The van der Waals surface area contributed by atoms with Crippen LogP contribution in [-0.4, -0.2) is 6.54 Å². The second kappa shape index (κ2) is 5.91. The first kappa shape index (κ1) is 12.4. The van der Waals surface area contributed by atoms with Crippen LogP contribution in [0.3, 0.4) is 0 Å². The summed E-state index contributed by atoms with van der Waals surface area (Å²) in [5, 5.41) is 0. The highest BCUT2D eigenvalue weighted by atomic mass is 35.5. The highest BCUT2D eigenvalue weighted by molar-refractivity contribution is 5.85. The molecule has 0 aromatic heterocycles. The van der Waals surface area contributed by atoms with Gasteiger partial charge in [0.1, 0.15) is 5.82 Å². The summed E-state index contributed by atoms with van der Waals surface area (Å²) in [6, 6.07) is 6.24. The summed E-state index contributed by atoms with van der Waals surface area (Å²) in [4.78, 5) is 0. The molecule has 1 aromatic rings. The third-order valence-corrected chi connectivity index (χ3v) is 1.78. The number of halogens is 2. The number of benzene rings is 1. The minimum absolute atomic E-state index is 0. The normalized spacial score (nSPS) is 11.9. The molecule has 0 radical (unpaired) electrons. The van der Waals surface area contributed by atoms with Gasteiger partial charge in [-0.2, -0.15) is 0 Å². The monoisotopic (exact) mass is 204 g/mol. The Balaban J connectivity index is 0.00000144. The van der Waals surface area contributed by atoms with Gasteiger partial charge in [0.25, 0.3) is 0 Å². The summed E-state index contributed by atoms with van der Waals surface area (Å²) in [6.07, 6.45) is 0.612. The van der Waals surface area contributed by atoms with Gasteiger partial charge in [0.15, 0.2) is 0 Å². The smallest absolute Gasteiger partial charge is 0.127 e. The summed E-state index contributed by atoms with van der Waals surface area (Å²) in [5.41, 5.74) is 11.5. The molecule has 0 fully saturated rings. The molecule has 1 rings (SSSR count). The van der Waals surface area contributed by atoms with Crippen LogP contribution in [0.5, 0.6) is 0 Å². The number of rotatable bonds is 3. The van der Waals surface area contributed by atoms with Crippen LogP contribution in [0.15, 0.2) is 24.3 Å². The molecule has 0 spiro atoms. The fourth-order valence-corrected chi connectivity index (χ4v) is 1.11. The lowest BCUT2D eigenvalue weighted by atomic mass is 10.0. The standard InChI is InChI=1S/C9H13FN2.ClH/c10-8-4-2-1-3-7(8)9(12)5-6-11;/h1-4,9H,5-6,11-12H2;1H/t9-;/m0./s1. The first-order chi connectivity index (χ1) is 5.75. The van der Waals surface area contributed by atoms with Crippen LogP contribution in [-0.2, 0) is 0 Å². The highest BCUT2D eigenvalue weighted by Crippen LogP contribution is 2.16. The summed E-state index contributed by atoms with van der Waals surface area (Å²) >= 11 is 0. The van der Waals surface area contributed by atoms with E-state index >= 15 is 0 Å². The number of hydrogen-bond acceptors (Lipinski definition) is 2. The van der Waals surface area contributed by atoms with Crippen molar-refractivity contribution < 1.29 is 4.39 Å². The average Bonchev–Trinajstić information content (AvgIpc) is 2.05. The van der Waals surface area contributed by atoms with Gasteiger partial charge in [0, 0.05) is 11.6 Å². The second-order valence-electron chi connectivity index (χ2n) is 2.71. The van der Waals surface area contributed by atoms with Crippen molar-refractivity contribution in [3.05, 3.63) is 35.6 Å². The Labute approximate surface area is 83.5 Å².